The average Bonchev–Trinajstić information content (AvgIpc) is 2.72. The van der Waals surface area contributed by atoms with Crippen LogP contribution >= 0.6 is 0 Å². The molecule has 2 aromatic rings. The molecule has 4 rings (SSSR count). The summed E-state index contributed by atoms with van der Waals surface area (Å²) in [7, 11) is 0. The van der Waals surface area contributed by atoms with Gasteiger partial charge in [0.15, 0.2) is 0 Å². The largest absolute Gasteiger partial charge is 0.337 e. The molecule has 152 valence electrons. The highest BCUT2D eigenvalue weighted by molar-refractivity contribution is 5.92. The number of rotatable bonds is 3. The fourth-order valence-electron chi connectivity index (χ4n) is 4.48. The van der Waals surface area contributed by atoms with E-state index >= 15 is 0 Å². The van der Waals surface area contributed by atoms with Crippen molar-refractivity contribution in [2.75, 3.05) is 19.6 Å². The fraction of sp³-hybridized carbons (Fsp3) is 0.500. The van der Waals surface area contributed by atoms with Crippen LogP contribution in [-0.2, 0) is 11.3 Å². The second-order valence-corrected chi connectivity index (χ2v) is 8.39. The van der Waals surface area contributed by atoms with E-state index in [1.165, 1.54) is 0 Å². The zero-order valence-corrected chi connectivity index (χ0v) is 17.1. The molecule has 0 unspecified atom stereocenters. The van der Waals surface area contributed by atoms with E-state index in [1.54, 1.807) is 18.5 Å². The molecular weight excluding hydrogens is 366 g/mol. The molecule has 2 fully saturated rings. The van der Waals surface area contributed by atoms with E-state index in [9.17, 15) is 9.59 Å². The molecule has 2 saturated heterocycles. The van der Waals surface area contributed by atoms with E-state index in [1.807, 2.05) is 35.8 Å². The van der Waals surface area contributed by atoms with Crippen molar-refractivity contribution in [2.24, 2.45) is 5.41 Å². The van der Waals surface area contributed by atoms with E-state index in [4.69, 9.17) is 0 Å². The molecule has 0 saturated carbocycles. The minimum absolute atomic E-state index is 0.0133. The van der Waals surface area contributed by atoms with Gasteiger partial charge in [-0.15, -0.1) is 0 Å². The van der Waals surface area contributed by atoms with Gasteiger partial charge in [-0.25, -0.2) is 4.98 Å². The van der Waals surface area contributed by atoms with Crippen LogP contribution in [0.5, 0.6) is 0 Å². The quantitative estimate of drug-likeness (QED) is 0.801. The first-order chi connectivity index (χ1) is 13.9. The van der Waals surface area contributed by atoms with Crippen molar-refractivity contribution in [3.63, 3.8) is 0 Å². The number of likely N-dealkylation sites (tertiary alicyclic amines) is 2. The lowest BCUT2D eigenvalue weighted by Crippen LogP contribution is -2.55. The number of hydrogen-bond acceptors (Lipinski definition) is 5. The number of aryl methyl sites for hydroxylation is 2. The first kappa shape index (κ1) is 19.5. The number of amides is 2. The summed E-state index contributed by atoms with van der Waals surface area (Å²) in [6.07, 6.45) is 6.79. The van der Waals surface area contributed by atoms with Crippen LogP contribution in [0.2, 0.25) is 0 Å². The maximum Gasteiger partial charge on any atom is 0.272 e. The Morgan fingerprint density at radius 1 is 1.10 bits per heavy atom. The normalized spacial score (nSPS) is 22.2. The van der Waals surface area contributed by atoms with Gasteiger partial charge in [-0.1, -0.05) is 6.07 Å². The lowest BCUT2D eigenvalue weighted by atomic mass is 9.73. The molecule has 4 heterocycles. The molecule has 2 aromatic heterocycles. The standard InChI is InChI=1S/C22H27N5O2/c1-16-5-3-6-19(25-16)21(29)26-10-4-8-22(14-26)9-7-20(28)27(15-22)13-18-12-23-17(2)11-24-18/h3,5-6,11-12H,4,7-10,13-15H2,1-2H3/t22-/m0/s1. The van der Waals surface area contributed by atoms with Gasteiger partial charge in [-0.3, -0.25) is 19.6 Å². The molecule has 0 bridgehead atoms. The summed E-state index contributed by atoms with van der Waals surface area (Å²) in [6, 6.07) is 5.55. The maximum absolute atomic E-state index is 13.0. The van der Waals surface area contributed by atoms with Gasteiger partial charge in [0.25, 0.3) is 5.91 Å². The van der Waals surface area contributed by atoms with E-state index in [0.29, 0.717) is 31.7 Å². The van der Waals surface area contributed by atoms with Gasteiger partial charge in [-0.05, 0) is 45.2 Å². The first-order valence-corrected chi connectivity index (χ1v) is 10.2. The van der Waals surface area contributed by atoms with Crippen LogP contribution in [-0.4, -0.2) is 56.2 Å². The molecule has 0 N–H and O–H groups in total. The van der Waals surface area contributed by atoms with Crippen molar-refractivity contribution in [2.45, 2.75) is 46.1 Å². The summed E-state index contributed by atoms with van der Waals surface area (Å²) in [5.41, 5.74) is 2.95. The van der Waals surface area contributed by atoms with Crippen LogP contribution in [0.4, 0.5) is 0 Å². The summed E-state index contributed by atoms with van der Waals surface area (Å²) >= 11 is 0. The van der Waals surface area contributed by atoms with E-state index in [-0.39, 0.29) is 17.2 Å². The lowest BCUT2D eigenvalue weighted by molar-refractivity contribution is -0.139. The van der Waals surface area contributed by atoms with Gasteiger partial charge < -0.3 is 9.80 Å². The molecular formula is C22H27N5O2. The number of pyridine rings is 1. The molecule has 0 radical (unpaired) electrons. The Morgan fingerprint density at radius 3 is 2.72 bits per heavy atom. The Balaban J connectivity index is 1.48. The smallest absolute Gasteiger partial charge is 0.272 e. The highest BCUT2D eigenvalue weighted by Crippen LogP contribution is 2.39. The van der Waals surface area contributed by atoms with Crippen LogP contribution in [0.1, 0.15) is 53.3 Å². The van der Waals surface area contributed by atoms with Gasteiger partial charge in [0.1, 0.15) is 5.69 Å². The van der Waals surface area contributed by atoms with E-state index in [2.05, 4.69) is 15.0 Å². The fourth-order valence-corrected chi connectivity index (χ4v) is 4.48. The molecule has 1 spiro atoms. The number of nitrogens with zero attached hydrogens (tertiary/aromatic N) is 5. The Hall–Kier alpha value is -2.83. The van der Waals surface area contributed by atoms with Crippen molar-refractivity contribution in [1.82, 2.24) is 24.8 Å². The Labute approximate surface area is 171 Å². The van der Waals surface area contributed by atoms with Gasteiger partial charge in [0.05, 0.1) is 24.1 Å². The molecule has 2 aliphatic heterocycles. The van der Waals surface area contributed by atoms with Crippen molar-refractivity contribution < 1.29 is 9.59 Å². The summed E-state index contributed by atoms with van der Waals surface area (Å²) in [5.74, 6) is 0.141. The molecule has 7 heteroatoms. The Bertz CT molecular complexity index is 914. The van der Waals surface area contributed by atoms with Gasteiger partial charge in [0, 0.05) is 43.4 Å². The van der Waals surface area contributed by atoms with E-state index < -0.39 is 0 Å². The van der Waals surface area contributed by atoms with Crippen LogP contribution < -0.4 is 0 Å². The van der Waals surface area contributed by atoms with Crippen molar-refractivity contribution in [1.29, 1.82) is 0 Å². The number of carbonyl (C=O) groups excluding carboxylic acids is 2. The Kier molecular flexibility index (Phi) is 5.30. The zero-order chi connectivity index (χ0) is 20.4. The highest BCUT2D eigenvalue weighted by atomic mass is 16.2. The number of hydrogen-bond donors (Lipinski definition) is 0. The van der Waals surface area contributed by atoms with Crippen LogP contribution in [0.3, 0.4) is 0 Å². The van der Waals surface area contributed by atoms with Crippen LogP contribution in [0, 0.1) is 19.3 Å². The third kappa shape index (κ3) is 4.28. The topological polar surface area (TPSA) is 79.3 Å². The SMILES string of the molecule is Cc1cnc(CN2C[C@@]3(CCCN(C(=O)c4cccc(C)n4)C3)CCC2=O)cn1. The molecule has 2 aliphatic rings. The minimum Gasteiger partial charge on any atom is -0.337 e. The molecule has 29 heavy (non-hydrogen) atoms. The zero-order valence-electron chi connectivity index (χ0n) is 17.1. The molecule has 2 amide bonds. The van der Waals surface area contributed by atoms with Crippen molar-refractivity contribution in [3.8, 4) is 0 Å². The van der Waals surface area contributed by atoms with Crippen LogP contribution in [0.25, 0.3) is 0 Å². The summed E-state index contributed by atoms with van der Waals surface area (Å²) in [5, 5.41) is 0. The molecule has 7 nitrogen and oxygen atoms in total. The molecule has 0 aromatic carbocycles. The summed E-state index contributed by atoms with van der Waals surface area (Å²) < 4.78 is 0. The van der Waals surface area contributed by atoms with Gasteiger partial charge in [-0.2, -0.15) is 0 Å². The molecule has 1 atom stereocenters. The minimum atomic E-state index is -0.0518. The highest BCUT2D eigenvalue weighted by Gasteiger charge is 2.43. The predicted molar refractivity (Wildman–Crippen MR) is 108 cm³/mol. The van der Waals surface area contributed by atoms with Crippen molar-refractivity contribution in [3.05, 3.63) is 53.4 Å². The first-order valence-electron chi connectivity index (χ1n) is 10.2. The third-order valence-corrected chi connectivity index (χ3v) is 5.99. The number of piperidine rings is 2. The summed E-state index contributed by atoms with van der Waals surface area (Å²) in [4.78, 5) is 42.5. The second kappa shape index (κ2) is 7.89. The summed E-state index contributed by atoms with van der Waals surface area (Å²) in [6.45, 7) is 6.34. The second-order valence-electron chi connectivity index (χ2n) is 8.39. The Morgan fingerprint density at radius 2 is 1.97 bits per heavy atom. The third-order valence-electron chi connectivity index (χ3n) is 5.99. The van der Waals surface area contributed by atoms with Gasteiger partial charge >= 0.3 is 0 Å². The van der Waals surface area contributed by atoms with Crippen LogP contribution in [0.15, 0.2) is 30.6 Å². The average molecular weight is 393 g/mol. The predicted octanol–water partition coefficient (Wildman–Crippen LogP) is 2.53. The van der Waals surface area contributed by atoms with Crippen molar-refractivity contribution >= 4 is 11.8 Å². The maximum atomic E-state index is 13.0. The number of carbonyl (C=O) groups is 2. The molecule has 0 aliphatic carbocycles. The van der Waals surface area contributed by atoms with Gasteiger partial charge in [0.2, 0.25) is 5.91 Å². The lowest BCUT2D eigenvalue weighted by Gasteiger charge is -2.48. The number of aromatic nitrogens is 3. The van der Waals surface area contributed by atoms with E-state index in [0.717, 1.165) is 42.9 Å². The monoisotopic (exact) mass is 393 g/mol.